The maximum atomic E-state index is 12.9. The van der Waals surface area contributed by atoms with E-state index in [1.807, 2.05) is 48.5 Å². The number of para-hydroxylation sites is 1. The number of methoxy groups -OCH3 is 1. The molecular formula is C20H21BrN2O3S. The lowest BCUT2D eigenvalue weighted by Crippen LogP contribution is -2.25. The second-order valence-electron chi connectivity index (χ2n) is 5.87. The van der Waals surface area contributed by atoms with Crippen molar-refractivity contribution in [3.8, 4) is 5.75 Å². The van der Waals surface area contributed by atoms with Crippen LogP contribution in [0.4, 0.5) is 0 Å². The molecule has 0 amide bonds. The highest BCUT2D eigenvalue weighted by molar-refractivity contribution is 9.10. The number of hydrogen-bond donors (Lipinski definition) is 0. The van der Waals surface area contributed by atoms with E-state index in [2.05, 4.69) is 15.9 Å². The van der Waals surface area contributed by atoms with Gasteiger partial charge in [-0.15, -0.1) is 0 Å². The molecule has 2 aromatic carbocycles. The molecule has 0 N–H and O–H groups in total. The van der Waals surface area contributed by atoms with Crippen LogP contribution in [0.5, 0.6) is 5.75 Å². The average molecular weight is 449 g/mol. The van der Waals surface area contributed by atoms with Crippen molar-refractivity contribution in [3.05, 3.63) is 63.4 Å². The molecule has 0 spiro atoms. The third-order valence-electron chi connectivity index (χ3n) is 3.93. The van der Waals surface area contributed by atoms with Crippen LogP contribution in [0.25, 0.3) is 10.9 Å². The Morgan fingerprint density at radius 3 is 2.74 bits per heavy atom. The lowest BCUT2D eigenvalue weighted by atomic mass is 10.2. The van der Waals surface area contributed by atoms with Crippen molar-refractivity contribution in [2.45, 2.75) is 18.1 Å². The quantitative estimate of drug-likeness (QED) is 0.276. The summed E-state index contributed by atoms with van der Waals surface area (Å²) < 4.78 is 13.4. The zero-order valence-corrected chi connectivity index (χ0v) is 17.5. The molecule has 0 radical (unpaired) electrons. The fourth-order valence-corrected chi connectivity index (χ4v) is 3.89. The first-order valence-electron chi connectivity index (χ1n) is 8.69. The minimum absolute atomic E-state index is 0.0404. The van der Waals surface area contributed by atoms with Gasteiger partial charge < -0.3 is 9.47 Å². The number of ether oxygens (including phenoxy) is 2. The highest BCUT2D eigenvalue weighted by Crippen LogP contribution is 2.21. The SMILES string of the molecule is COCCn1c(SCCCOc2ccccc2)nc2ccc(Br)cc2c1=O. The van der Waals surface area contributed by atoms with Crippen LogP contribution in [0.3, 0.4) is 0 Å². The largest absolute Gasteiger partial charge is 0.494 e. The summed E-state index contributed by atoms with van der Waals surface area (Å²) in [5.74, 6) is 1.68. The molecule has 1 heterocycles. The first-order valence-corrected chi connectivity index (χ1v) is 10.5. The van der Waals surface area contributed by atoms with Crippen LogP contribution in [-0.4, -0.2) is 35.6 Å². The van der Waals surface area contributed by atoms with Crippen LogP contribution >= 0.6 is 27.7 Å². The fourth-order valence-electron chi connectivity index (χ4n) is 2.59. The molecule has 1 aromatic heterocycles. The first-order chi connectivity index (χ1) is 13.2. The van der Waals surface area contributed by atoms with Crippen molar-refractivity contribution < 1.29 is 9.47 Å². The molecular weight excluding hydrogens is 428 g/mol. The zero-order valence-electron chi connectivity index (χ0n) is 15.1. The topological polar surface area (TPSA) is 53.4 Å². The maximum Gasteiger partial charge on any atom is 0.262 e. The fraction of sp³-hybridized carbons (Fsp3) is 0.300. The monoisotopic (exact) mass is 448 g/mol. The third kappa shape index (κ3) is 5.34. The highest BCUT2D eigenvalue weighted by Gasteiger charge is 2.12. The number of fused-ring (bicyclic) bond motifs is 1. The lowest BCUT2D eigenvalue weighted by molar-refractivity contribution is 0.183. The van der Waals surface area contributed by atoms with Gasteiger partial charge in [0.05, 0.1) is 30.7 Å². The van der Waals surface area contributed by atoms with Gasteiger partial charge in [-0.3, -0.25) is 9.36 Å². The summed E-state index contributed by atoms with van der Waals surface area (Å²) in [6, 6.07) is 15.3. The van der Waals surface area contributed by atoms with Crippen LogP contribution in [0.1, 0.15) is 6.42 Å². The van der Waals surface area contributed by atoms with Gasteiger partial charge in [-0.2, -0.15) is 0 Å². The Kier molecular flexibility index (Phi) is 7.32. The molecule has 0 bridgehead atoms. The number of halogens is 1. The van der Waals surface area contributed by atoms with Gasteiger partial charge in [0.1, 0.15) is 5.75 Å². The molecule has 142 valence electrons. The molecule has 0 saturated carbocycles. The van der Waals surface area contributed by atoms with E-state index >= 15 is 0 Å². The normalized spacial score (nSPS) is 11.0. The molecule has 0 fully saturated rings. The van der Waals surface area contributed by atoms with E-state index in [1.165, 1.54) is 0 Å². The molecule has 0 unspecified atom stereocenters. The predicted molar refractivity (Wildman–Crippen MR) is 113 cm³/mol. The Labute approximate surface area is 170 Å². The highest BCUT2D eigenvalue weighted by atomic mass is 79.9. The van der Waals surface area contributed by atoms with E-state index in [9.17, 15) is 4.79 Å². The molecule has 0 aliphatic heterocycles. The zero-order chi connectivity index (χ0) is 19.1. The maximum absolute atomic E-state index is 12.9. The van der Waals surface area contributed by atoms with Gasteiger partial charge in [-0.1, -0.05) is 45.9 Å². The van der Waals surface area contributed by atoms with Crippen LogP contribution in [-0.2, 0) is 11.3 Å². The number of benzene rings is 2. The number of rotatable bonds is 9. The van der Waals surface area contributed by atoms with E-state index in [-0.39, 0.29) is 5.56 Å². The van der Waals surface area contributed by atoms with Gasteiger partial charge in [-0.05, 0) is 36.8 Å². The molecule has 0 saturated heterocycles. The standard InChI is InChI=1S/C20H21BrN2O3S/c1-25-12-10-23-19(24)17-14-15(21)8-9-18(17)22-20(23)27-13-5-11-26-16-6-3-2-4-7-16/h2-4,6-9,14H,5,10-13H2,1H3. The molecule has 3 aromatic rings. The van der Waals surface area contributed by atoms with Crippen LogP contribution in [0.2, 0.25) is 0 Å². The van der Waals surface area contributed by atoms with Crippen molar-refractivity contribution in [1.82, 2.24) is 9.55 Å². The van der Waals surface area contributed by atoms with Crippen molar-refractivity contribution in [3.63, 3.8) is 0 Å². The first kappa shape index (κ1) is 19.9. The Bertz CT molecular complexity index is 947. The van der Waals surface area contributed by atoms with E-state index in [0.29, 0.717) is 35.8 Å². The minimum Gasteiger partial charge on any atom is -0.494 e. The average Bonchev–Trinajstić information content (AvgIpc) is 2.69. The number of nitrogens with zero attached hydrogens (tertiary/aromatic N) is 2. The van der Waals surface area contributed by atoms with Gasteiger partial charge in [0.2, 0.25) is 0 Å². The minimum atomic E-state index is -0.0404. The molecule has 0 atom stereocenters. The lowest BCUT2D eigenvalue weighted by Gasteiger charge is -2.13. The number of aromatic nitrogens is 2. The summed E-state index contributed by atoms with van der Waals surface area (Å²) >= 11 is 4.99. The van der Waals surface area contributed by atoms with Gasteiger partial charge in [-0.25, -0.2) is 4.98 Å². The molecule has 3 rings (SSSR count). The molecule has 0 aliphatic rings. The molecule has 7 heteroatoms. The summed E-state index contributed by atoms with van der Waals surface area (Å²) in [5, 5.41) is 1.32. The second-order valence-corrected chi connectivity index (χ2v) is 7.85. The Morgan fingerprint density at radius 2 is 1.96 bits per heavy atom. The van der Waals surface area contributed by atoms with Crippen molar-refractivity contribution in [1.29, 1.82) is 0 Å². The number of hydrogen-bond acceptors (Lipinski definition) is 5. The Hall–Kier alpha value is -1.83. The Balaban J connectivity index is 1.70. The van der Waals surface area contributed by atoms with E-state index in [4.69, 9.17) is 14.5 Å². The van der Waals surface area contributed by atoms with Crippen molar-refractivity contribution in [2.24, 2.45) is 0 Å². The van der Waals surface area contributed by atoms with Crippen molar-refractivity contribution in [2.75, 3.05) is 26.1 Å². The van der Waals surface area contributed by atoms with E-state index < -0.39 is 0 Å². The Morgan fingerprint density at radius 1 is 1.15 bits per heavy atom. The van der Waals surface area contributed by atoms with Gasteiger partial charge in [0.25, 0.3) is 5.56 Å². The second kappa shape index (κ2) is 9.92. The van der Waals surface area contributed by atoms with Crippen LogP contribution in [0.15, 0.2) is 63.0 Å². The molecule has 5 nitrogen and oxygen atoms in total. The van der Waals surface area contributed by atoms with Gasteiger partial charge >= 0.3 is 0 Å². The van der Waals surface area contributed by atoms with Crippen LogP contribution in [0, 0.1) is 0 Å². The van der Waals surface area contributed by atoms with Crippen molar-refractivity contribution >= 4 is 38.6 Å². The number of thioether (sulfide) groups is 1. The predicted octanol–water partition coefficient (Wildman–Crippen LogP) is 4.37. The smallest absolute Gasteiger partial charge is 0.262 e. The van der Waals surface area contributed by atoms with E-state index in [0.717, 1.165) is 22.4 Å². The summed E-state index contributed by atoms with van der Waals surface area (Å²) in [7, 11) is 1.63. The van der Waals surface area contributed by atoms with Gasteiger partial charge in [0, 0.05) is 17.3 Å². The molecule has 27 heavy (non-hydrogen) atoms. The summed E-state index contributed by atoms with van der Waals surface area (Å²) in [6.45, 7) is 1.57. The summed E-state index contributed by atoms with van der Waals surface area (Å²) in [5.41, 5.74) is 0.668. The summed E-state index contributed by atoms with van der Waals surface area (Å²) in [4.78, 5) is 17.6. The summed E-state index contributed by atoms with van der Waals surface area (Å²) in [6.07, 6.45) is 0.859. The van der Waals surface area contributed by atoms with Gasteiger partial charge in [0.15, 0.2) is 5.16 Å². The van der Waals surface area contributed by atoms with E-state index in [1.54, 1.807) is 23.4 Å². The molecule has 0 aliphatic carbocycles. The van der Waals surface area contributed by atoms with Crippen LogP contribution < -0.4 is 10.3 Å². The third-order valence-corrected chi connectivity index (χ3v) is 5.49.